The lowest BCUT2D eigenvalue weighted by molar-refractivity contribution is -0.00833. The van der Waals surface area contributed by atoms with Crippen molar-refractivity contribution in [1.82, 2.24) is 24.0 Å². The number of hydrogen-bond donors (Lipinski definition) is 1. The number of anilines is 1. The minimum absolute atomic E-state index is 0.199. The Bertz CT molecular complexity index is 1100. The Balaban J connectivity index is 1.43. The molecule has 1 N–H and O–H groups in total. The van der Waals surface area contributed by atoms with Crippen LogP contribution in [0.3, 0.4) is 0 Å². The van der Waals surface area contributed by atoms with Crippen molar-refractivity contribution in [3.8, 4) is 11.1 Å². The quantitative estimate of drug-likeness (QED) is 0.596. The topological polar surface area (TPSA) is 59.5 Å². The van der Waals surface area contributed by atoms with Crippen molar-refractivity contribution < 1.29 is 8.78 Å². The first-order valence-electron chi connectivity index (χ1n) is 8.49. The first kappa shape index (κ1) is 15.2. The number of imidazole rings is 1. The molecule has 0 saturated heterocycles. The Labute approximate surface area is 147 Å². The molecule has 1 saturated carbocycles. The molecular formula is C18H16F2N6. The average molecular weight is 354 g/mol. The van der Waals surface area contributed by atoms with E-state index < -0.39 is 18.4 Å². The summed E-state index contributed by atoms with van der Waals surface area (Å²) in [5.41, 5.74) is 3.65. The highest BCUT2D eigenvalue weighted by Gasteiger charge is 2.46. The summed E-state index contributed by atoms with van der Waals surface area (Å²) >= 11 is 0. The minimum Gasteiger partial charge on any atom is -0.347 e. The highest BCUT2D eigenvalue weighted by molar-refractivity contribution is 5.80. The van der Waals surface area contributed by atoms with Gasteiger partial charge in [-0.2, -0.15) is 0 Å². The number of aromatic nitrogens is 5. The van der Waals surface area contributed by atoms with Crippen LogP contribution in [-0.4, -0.2) is 36.5 Å². The molecule has 0 amide bonds. The van der Waals surface area contributed by atoms with Gasteiger partial charge in [0.05, 0.1) is 18.3 Å². The number of nitrogens with one attached hydrogen (secondary N) is 1. The lowest BCUT2D eigenvalue weighted by Gasteiger charge is -2.15. The standard InChI is InChI=1S/C18H16F2N6/c19-18(20,13-2-3-13)11-23-17-22-9-15-14(5-7-26(15)24-17)12-1-4-16-21-6-8-25(16)10-12/h1,4-10,13H,2-3,11H2,(H,23,24). The van der Waals surface area contributed by atoms with Crippen LogP contribution in [0.5, 0.6) is 0 Å². The highest BCUT2D eigenvalue weighted by atomic mass is 19.3. The third-order valence-corrected chi connectivity index (χ3v) is 4.77. The number of rotatable bonds is 5. The van der Waals surface area contributed by atoms with Crippen molar-refractivity contribution in [3.63, 3.8) is 0 Å². The Hall–Kier alpha value is -3.03. The van der Waals surface area contributed by atoms with Crippen molar-refractivity contribution in [1.29, 1.82) is 0 Å². The van der Waals surface area contributed by atoms with Crippen LogP contribution in [0.15, 0.2) is 49.2 Å². The van der Waals surface area contributed by atoms with Crippen LogP contribution in [0.4, 0.5) is 14.7 Å². The van der Waals surface area contributed by atoms with E-state index in [0.29, 0.717) is 12.8 Å². The molecular weight excluding hydrogens is 338 g/mol. The van der Waals surface area contributed by atoms with E-state index >= 15 is 0 Å². The molecule has 6 nitrogen and oxygen atoms in total. The first-order chi connectivity index (χ1) is 12.6. The molecule has 4 aromatic heterocycles. The normalized spacial score (nSPS) is 15.0. The molecule has 1 fully saturated rings. The highest BCUT2D eigenvalue weighted by Crippen LogP contribution is 2.43. The Morgan fingerprint density at radius 1 is 1.15 bits per heavy atom. The average Bonchev–Trinajstić information content (AvgIpc) is 3.27. The fraction of sp³-hybridized carbons (Fsp3) is 0.278. The van der Waals surface area contributed by atoms with E-state index in [2.05, 4.69) is 20.4 Å². The van der Waals surface area contributed by atoms with Crippen LogP contribution in [0.1, 0.15) is 12.8 Å². The van der Waals surface area contributed by atoms with Gasteiger partial charge in [0.1, 0.15) is 5.65 Å². The van der Waals surface area contributed by atoms with Crippen LogP contribution in [0.25, 0.3) is 22.3 Å². The summed E-state index contributed by atoms with van der Waals surface area (Å²) in [6.45, 7) is -0.436. The number of alkyl halides is 2. The van der Waals surface area contributed by atoms with E-state index in [4.69, 9.17) is 0 Å². The van der Waals surface area contributed by atoms with Crippen molar-refractivity contribution in [3.05, 3.63) is 49.2 Å². The van der Waals surface area contributed by atoms with E-state index in [0.717, 1.165) is 22.3 Å². The summed E-state index contributed by atoms with van der Waals surface area (Å²) in [6.07, 6.45) is 10.3. The van der Waals surface area contributed by atoms with E-state index in [-0.39, 0.29) is 5.95 Å². The van der Waals surface area contributed by atoms with E-state index in [9.17, 15) is 8.78 Å². The predicted octanol–water partition coefficient (Wildman–Crippen LogP) is 3.50. The maximum Gasteiger partial charge on any atom is 0.267 e. The van der Waals surface area contributed by atoms with Crippen LogP contribution >= 0.6 is 0 Å². The number of hydrogen-bond acceptors (Lipinski definition) is 4. The number of pyridine rings is 1. The number of halogens is 2. The van der Waals surface area contributed by atoms with Gasteiger partial charge in [0.25, 0.3) is 5.92 Å². The SMILES string of the molecule is FC(F)(CNc1ncc2c(-c3ccc4nccn4c3)ccn2n1)C1CC1. The smallest absolute Gasteiger partial charge is 0.267 e. The van der Waals surface area contributed by atoms with Gasteiger partial charge in [0.2, 0.25) is 5.95 Å². The molecule has 0 unspecified atom stereocenters. The van der Waals surface area contributed by atoms with Gasteiger partial charge in [-0.25, -0.2) is 23.3 Å². The van der Waals surface area contributed by atoms with Gasteiger partial charge >= 0.3 is 0 Å². The lowest BCUT2D eigenvalue weighted by atomic mass is 10.1. The van der Waals surface area contributed by atoms with Gasteiger partial charge in [-0.1, -0.05) is 0 Å². The molecule has 132 valence electrons. The molecule has 0 bridgehead atoms. The molecule has 4 aromatic rings. The van der Waals surface area contributed by atoms with Crippen molar-refractivity contribution in [2.24, 2.45) is 5.92 Å². The third kappa shape index (κ3) is 2.58. The molecule has 0 spiro atoms. The molecule has 26 heavy (non-hydrogen) atoms. The maximum absolute atomic E-state index is 13.8. The molecule has 5 rings (SSSR count). The summed E-state index contributed by atoms with van der Waals surface area (Å²) in [4.78, 5) is 8.44. The molecule has 1 aliphatic rings. The van der Waals surface area contributed by atoms with E-state index in [1.54, 1.807) is 23.1 Å². The summed E-state index contributed by atoms with van der Waals surface area (Å²) in [5, 5.41) is 6.96. The van der Waals surface area contributed by atoms with Gasteiger partial charge in [-0.05, 0) is 31.0 Å². The zero-order valence-corrected chi connectivity index (χ0v) is 13.8. The Morgan fingerprint density at radius 3 is 2.88 bits per heavy atom. The lowest BCUT2D eigenvalue weighted by Crippen LogP contribution is -2.30. The number of fused-ring (bicyclic) bond motifs is 2. The molecule has 0 radical (unpaired) electrons. The molecule has 0 aliphatic heterocycles. The fourth-order valence-corrected chi connectivity index (χ4v) is 3.15. The second-order valence-electron chi connectivity index (χ2n) is 6.64. The zero-order valence-electron chi connectivity index (χ0n) is 13.8. The third-order valence-electron chi connectivity index (χ3n) is 4.77. The monoisotopic (exact) mass is 354 g/mol. The minimum atomic E-state index is -2.71. The summed E-state index contributed by atoms with van der Waals surface area (Å²) < 4.78 is 31.2. The van der Waals surface area contributed by atoms with Gasteiger partial charge in [-0.3, -0.25) is 0 Å². The summed E-state index contributed by atoms with van der Waals surface area (Å²) in [5.74, 6) is -3.01. The first-order valence-corrected chi connectivity index (χ1v) is 8.49. The molecule has 1 aliphatic carbocycles. The molecule has 8 heteroatoms. The second-order valence-corrected chi connectivity index (χ2v) is 6.64. The van der Waals surface area contributed by atoms with E-state index in [1.165, 1.54) is 0 Å². The van der Waals surface area contributed by atoms with Crippen LogP contribution in [0, 0.1) is 5.92 Å². The van der Waals surface area contributed by atoms with Crippen molar-refractivity contribution in [2.45, 2.75) is 18.8 Å². The zero-order chi connectivity index (χ0) is 17.7. The van der Waals surface area contributed by atoms with Crippen LogP contribution < -0.4 is 5.32 Å². The largest absolute Gasteiger partial charge is 0.347 e. The molecule has 0 atom stereocenters. The molecule has 0 aromatic carbocycles. The maximum atomic E-state index is 13.8. The Kier molecular flexibility index (Phi) is 3.22. The fourth-order valence-electron chi connectivity index (χ4n) is 3.15. The Morgan fingerprint density at radius 2 is 2.04 bits per heavy atom. The van der Waals surface area contributed by atoms with E-state index in [1.807, 2.05) is 35.0 Å². The van der Waals surface area contributed by atoms with Crippen LogP contribution in [0.2, 0.25) is 0 Å². The van der Waals surface area contributed by atoms with Gasteiger partial charge in [-0.15, -0.1) is 5.10 Å². The second kappa shape index (κ2) is 5.48. The number of nitrogens with zero attached hydrogens (tertiary/aromatic N) is 5. The van der Waals surface area contributed by atoms with Crippen LogP contribution in [-0.2, 0) is 0 Å². The van der Waals surface area contributed by atoms with Gasteiger partial charge < -0.3 is 9.72 Å². The molecule has 4 heterocycles. The summed E-state index contributed by atoms with van der Waals surface area (Å²) in [6, 6.07) is 5.86. The van der Waals surface area contributed by atoms with Gasteiger partial charge in [0.15, 0.2) is 0 Å². The predicted molar refractivity (Wildman–Crippen MR) is 93.3 cm³/mol. The van der Waals surface area contributed by atoms with Gasteiger partial charge in [0, 0.05) is 41.8 Å². The van der Waals surface area contributed by atoms with Crippen molar-refractivity contribution in [2.75, 3.05) is 11.9 Å². The summed E-state index contributed by atoms with van der Waals surface area (Å²) in [7, 11) is 0. The van der Waals surface area contributed by atoms with Crippen molar-refractivity contribution >= 4 is 17.1 Å².